The minimum Gasteiger partial charge on any atom is -0.481 e. The molecule has 0 spiro atoms. The molecule has 0 aliphatic carbocycles. The molecule has 39 heteroatoms. The number of hydrogen-bond acceptors (Lipinski definition) is 21. The monoisotopic (exact) mass is 1800 g/mol. The Bertz CT molecular complexity index is 5550. The van der Waals surface area contributed by atoms with Gasteiger partial charge in [-0.05, 0) is 159 Å². The van der Waals surface area contributed by atoms with Crippen LogP contribution in [0, 0.1) is 11.6 Å². The SMILES string of the molecule is C[C@@H]1CN(c2cc(F)c(C3=CCN(C(=O)CCCCCCNc4cccc5c4C(=O)N(C4CCC(=O)NC4=O)C5=O)CC3)cc2NC(=O)c2c[nH]c(=O)cc2C(F)(F)F)C[C@H](C)N1C.C[C@@H]1CN(c2cc(F)c(C3=CCNCC3)cc2NC(=O)c2c[nH]c(=O)cc2C(F)(F)F)C[C@H](C)N1C.O=C(O)CCCCCCNc1cccc2c1C(=O)N(C1CCC(=O)NC1=O)C2=O. The van der Waals surface area contributed by atoms with Crippen LogP contribution in [0.25, 0.3) is 11.1 Å². The summed E-state index contributed by atoms with van der Waals surface area (Å²) in [6.45, 7) is 12.9. The summed E-state index contributed by atoms with van der Waals surface area (Å²) in [4.78, 5) is 189. The van der Waals surface area contributed by atoms with E-state index in [-0.39, 0.29) is 108 Å². The number of nitrogens with one attached hydrogen (secondary N) is 9. The minimum absolute atomic E-state index is 0.0281. The van der Waals surface area contributed by atoms with Gasteiger partial charge in [-0.2, -0.15) is 26.3 Å². The number of aliphatic carboxylic acids is 1. The second kappa shape index (κ2) is 41.1. The molecule has 31 nitrogen and oxygen atoms in total. The average Bonchev–Trinajstić information content (AvgIpc) is 1.60. The van der Waals surface area contributed by atoms with Crippen molar-refractivity contribution in [2.45, 2.75) is 179 Å². The number of unbranched alkanes of at least 4 members (excludes halogenated alkanes) is 6. The lowest BCUT2D eigenvalue weighted by atomic mass is 9.96. The number of benzene rings is 4. The third-order valence-electron chi connectivity index (χ3n) is 24.5. The fourth-order valence-electron chi connectivity index (χ4n) is 17.2. The Labute approximate surface area is 736 Å². The average molecular weight is 1800 g/mol. The normalized spacial score (nSPS) is 20.3. The predicted molar refractivity (Wildman–Crippen MR) is 462 cm³/mol. The number of likely N-dealkylation sites (N-methyl/N-ethyl adjacent to an activating group) is 2. The third kappa shape index (κ3) is 22.3. The lowest BCUT2D eigenvalue weighted by molar-refractivity contribution is -0.138. The molecule has 2 aromatic heterocycles. The molecule has 0 radical (unpaired) electrons. The smallest absolute Gasteiger partial charge is 0.417 e. The van der Waals surface area contributed by atoms with Gasteiger partial charge in [-0.25, -0.2) is 8.78 Å². The maximum Gasteiger partial charge on any atom is 0.417 e. The van der Waals surface area contributed by atoms with Crippen LogP contribution in [0.5, 0.6) is 0 Å². The van der Waals surface area contributed by atoms with E-state index in [1.54, 1.807) is 41.3 Å². The first kappa shape index (κ1) is 95.3. The van der Waals surface area contributed by atoms with Gasteiger partial charge in [0, 0.05) is 156 Å². The summed E-state index contributed by atoms with van der Waals surface area (Å²) >= 11 is 0. The van der Waals surface area contributed by atoms with Crippen LogP contribution in [0.15, 0.2) is 107 Å². The van der Waals surface area contributed by atoms with Crippen LogP contribution in [0.1, 0.15) is 215 Å². The summed E-state index contributed by atoms with van der Waals surface area (Å²) in [5.41, 5.74) is -1.59. The molecule has 10 N–H and O–H groups in total. The number of fused-ring (bicyclic) bond motifs is 2. The zero-order chi connectivity index (χ0) is 93.2. The van der Waals surface area contributed by atoms with Gasteiger partial charge in [0.15, 0.2) is 0 Å². The number of H-pyrrole nitrogens is 2. The largest absolute Gasteiger partial charge is 0.481 e. The van der Waals surface area contributed by atoms with Gasteiger partial charge in [0.25, 0.3) is 35.4 Å². The van der Waals surface area contributed by atoms with Crippen molar-refractivity contribution in [2.75, 3.05) is 111 Å². The van der Waals surface area contributed by atoms with E-state index in [0.717, 1.165) is 53.7 Å². The van der Waals surface area contributed by atoms with Crippen molar-refractivity contribution in [2.24, 2.45) is 0 Å². The number of aromatic nitrogens is 2. The molecule has 0 saturated carbocycles. The number of amides is 11. The van der Waals surface area contributed by atoms with Crippen molar-refractivity contribution < 1.29 is 97.8 Å². The quantitative estimate of drug-likeness (QED) is 0.0137. The summed E-state index contributed by atoms with van der Waals surface area (Å²) in [7, 11) is 3.96. The number of carbonyl (C=O) groups is 12. The number of carboxylic acids is 1. The molecule has 14 rings (SSSR count). The molecule has 688 valence electrons. The molecule has 10 heterocycles. The van der Waals surface area contributed by atoms with Crippen molar-refractivity contribution >= 4 is 116 Å². The third-order valence-corrected chi connectivity index (χ3v) is 24.5. The summed E-state index contributed by atoms with van der Waals surface area (Å²) < 4.78 is 114. The molecule has 4 aromatic carbocycles. The van der Waals surface area contributed by atoms with Crippen LogP contribution < -0.4 is 58.1 Å². The van der Waals surface area contributed by atoms with E-state index in [4.69, 9.17) is 5.11 Å². The molecular weight excluding hydrogens is 1700 g/mol. The van der Waals surface area contributed by atoms with Gasteiger partial charge in [-0.1, -0.05) is 50.0 Å². The van der Waals surface area contributed by atoms with Crippen LogP contribution >= 0.6 is 0 Å². The molecule has 6 aromatic rings. The first-order valence-corrected chi connectivity index (χ1v) is 42.9. The summed E-state index contributed by atoms with van der Waals surface area (Å²) in [6.07, 6.45) is 2.71. The Balaban J connectivity index is 0.000000195. The Hall–Kier alpha value is -12.8. The van der Waals surface area contributed by atoms with E-state index >= 15 is 8.78 Å². The molecule has 11 amide bonds. The fraction of sp³-hybridized carbons (Fsp3) is 0.444. The molecule has 4 saturated heterocycles. The number of alkyl halides is 6. The molecule has 8 aliphatic rings. The van der Waals surface area contributed by atoms with E-state index in [2.05, 4.69) is 57.0 Å². The van der Waals surface area contributed by atoms with Crippen molar-refractivity contribution in [3.63, 3.8) is 0 Å². The first-order chi connectivity index (χ1) is 61.3. The Morgan fingerprint density at radius 3 is 1.29 bits per heavy atom. The lowest BCUT2D eigenvalue weighted by Gasteiger charge is -2.44. The fourth-order valence-corrected chi connectivity index (χ4v) is 17.2. The summed E-state index contributed by atoms with van der Waals surface area (Å²) in [5.74, 6) is -8.50. The molecule has 4 fully saturated rings. The van der Waals surface area contributed by atoms with E-state index in [1.165, 1.54) is 30.3 Å². The second-order valence-corrected chi connectivity index (χ2v) is 33.3. The van der Waals surface area contributed by atoms with Gasteiger partial charge in [-0.3, -0.25) is 97.4 Å². The van der Waals surface area contributed by atoms with Crippen LogP contribution in [-0.4, -0.2) is 226 Å². The number of carbonyl (C=O) groups excluding carboxylic acids is 11. The van der Waals surface area contributed by atoms with Gasteiger partial charge in [0.05, 0.1) is 67.3 Å². The Morgan fingerprint density at radius 2 is 0.907 bits per heavy atom. The number of imide groups is 4. The highest BCUT2D eigenvalue weighted by molar-refractivity contribution is 6.27. The molecule has 129 heavy (non-hydrogen) atoms. The number of aromatic amines is 2. The maximum absolute atomic E-state index is 16.1. The lowest BCUT2D eigenvalue weighted by Crippen LogP contribution is -2.55. The van der Waals surface area contributed by atoms with E-state index < -0.39 is 134 Å². The zero-order valence-corrected chi connectivity index (χ0v) is 71.9. The van der Waals surface area contributed by atoms with Crippen LogP contribution in [0.2, 0.25) is 0 Å². The summed E-state index contributed by atoms with van der Waals surface area (Å²) in [5, 5.41) is 27.7. The maximum atomic E-state index is 16.1. The van der Waals surface area contributed by atoms with Gasteiger partial charge >= 0.3 is 18.3 Å². The molecule has 8 aliphatic heterocycles. The standard InChI is InChI=1S/C45H50F4N8O7.C25H29F4N5O2.C20H23N3O6/c1-25-23-56(24-26(2)54(25)3)36-21-32(46)29(19-34(36)52-41(61)30-22-51-38(59)20-31(30)45(47,48)49)27-14-17-55(18-15-27)39(60)11-6-4-5-7-16-50-33-10-8-9-28-40(33)44(64)57(43(28)63)35-12-13-37(58)53-42(35)62;1-14-12-34(13-15(2)33(14)3)22-10-20(26)17(16-4-6-30-7-5-16)8-21(22)32-24(36)18-11-31-23(35)9-19(18)25(27,28)29;24-15-10-9-14(18(27)22-15)23-19(28)12-6-5-7-13(17(12)20(23)29)21-11-4-2-1-3-8-16(25)26/h8-10,14,19-22,25-26,35,50H,4-7,11-13,15-18,23-24H2,1-3H3,(H,51,59)(H,52,61)(H,53,58,62);4,8-11,14-15,30H,5-7,12-13H2,1-3H3,(H,31,35)(H,32,36);5-7,14,21H,1-4,8-11H2,(H,25,26)(H,22,24,27)/t25-,26+,35?;14-,15+;. The first-order valence-electron chi connectivity index (χ1n) is 42.9. The van der Waals surface area contributed by atoms with E-state index in [1.807, 2.05) is 57.7 Å². The number of halogens is 8. The van der Waals surface area contributed by atoms with E-state index in [9.17, 15) is 93.5 Å². The number of nitrogens with zero attached hydrogens (tertiary/aromatic N) is 7. The minimum atomic E-state index is -4.99. The Kier molecular flexibility index (Phi) is 30.4. The molecule has 2 unspecified atom stereocenters. The highest BCUT2D eigenvalue weighted by Gasteiger charge is 2.48. The van der Waals surface area contributed by atoms with Gasteiger partial charge in [0.1, 0.15) is 23.7 Å². The van der Waals surface area contributed by atoms with Crippen LogP contribution in [0.4, 0.5) is 69.2 Å². The van der Waals surface area contributed by atoms with Crippen LogP contribution in [0.3, 0.4) is 0 Å². The number of carboxylic acid groups (broad SMARTS) is 1. The van der Waals surface area contributed by atoms with Gasteiger partial charge in [0.2, 0.25) is 40.7 Å². The van der Waals surface area contributed by atoms with Crippen molar-refractivity contribution in [3.8, 4) is 0 Å². The molecule has 6 atom stereocenters. The highest BCUT2D eigenvalue weighted by Crippen LogP contribution is 2.42. The number of piperazine rings is 2. The predicted octanol–water partition coefficient (Wildman–Crippen LogP) is 10.6. The van der Waals surface area contributed by atoms with Gasteiger partial charge < -0.3 is 56.4 Å². The van der Waals surface area contributed by atoms with Crippen molar-refractivity contribution in [1.29, 1.82) is 0 Å². The molecule has 0 bridgehead atoms. The highest BCUT2D eigenvalue weighted by atomic mass is 19.4. The number of anilines is 6. The Morgan fingerprint density at radius 1 is 0.488 bits per heavy atom. The number of hydrogen-bond donors (Lipinski definition) is 10. The van der Waals surface area contributed by atoms with Crippen molar-refractivity contribution in [1.82, 2.24) is 50.4 Å². The van der Waals surface area contributed by atoms with Gasteiger partial charge in [-0.15, -0.1) is 0 Å². The summed E-state index contributed by atoms with van der Waals surface area (Å²) in [6, 6.07) is 14.3. The van der Waals surface area contributed by atoms with Crippen LogP contribution in [-0.2, 0) is 41.1 Å². The number of rotatable bonds is 26. The molecular formula is C90H102F8N16O15. The zero-order valence-electron chi connectivity index (χ0n) is 71.9. The topological polar surface area (TPSA) is 398 Å². The number of pyridine rings is 2. The van der Waals surface area contributed by atoms with E-state index in [0.29, 0.717) is 150 Å². The number of piperidine rings is 2. The second-order valence-electron chi connectivity index (χ2n) is 33.3. The van der Waals surface area contributed by atoms with Crippen molar-refractivity contribution in [3.05, 3.63) is 185 Å².